The summed E-state index contributed by atoms with van der Waals surface area (Å²) in [6.07, 6.45) is 13.2. The summed E-state index contributed by atoms with van der Waals surface area (Å²) in [7, 11) is -4.63. The number of carbonyl (C=O) groups excluding carboxylic acids is 1. The van der Waals surface area contributed by atoms with Crippen LogP contribution in [0.25, 0.3) is 11.0 Å². The highest BCUT2D eigenvalue weighted by Gasteiger charge is 2.41. The minimum Gasteiger partial charge on any atom is -0.455 e. The van der Waals surface area contributed by atoms with Crippen LogP contribution in [-0.2, 0) is 14.8 Å². The number of alkyl halides is 1. The van der Waals surface area contributed by atoms with Gasteiger partial charge in [0.25, 0.3) is 21.6 Å². The number of nitrogens with one attached hydrogen (secondary N) is 3. The monoisotopic (exact) mass is 855 g/mol. The first-order chi connectivity index (χ1) is 29.3. The number of aromatic amines is 1. The van der Waals surface area contributed by atoms with Crippen molar-refractivity contribution >= 4 is 44.0 Å². The van der Waals surface area contributed by atoms with Crippen molar-refractivity contribution in [3.05, 3.63) is 99.9 Å². The molecule has 14 nitrogen and oxygen atoms in total. The topological polar surface area (TPSA) is 172 Å². The fourth-order valence-electron chi connectivity index (χ4n) is 9.16. The molecule has 61 heavy (non-hydrogen) atoms. The number of anilines is 2. The van der Waals surface area contributed by atoms with E-state index in [4.69, 9.17) is 9.47 Å². The van der Waals surface area contributed by atoms with E-state index in [1.807, 2.05) is 6.07 Å². The zero-order chi connectivity index (χ0) is 42.8. The lowest BCUT2D eigenvalue weighted by Crippen LogP contribution is -2.47. The van der Waals surface area contributed by atoms with Crippen molar-refractivity contribution in [3.8, 4) is 11.5 Å². The molecule has 3 N–H and O–H groups in total. The summed E-state index contributed by atoms with van der Waals surface area (Å²) in [4.78, 5) is 36.9. The number of amides is 1. The fourth-order valence-corrected chi connectivity index (χ4v) is 10.1. The van der Waals surface area contributed by atoms with Crippen LogP contribution in [0.15, 0.2) is 89.1 Å². The number of H-pyrrole nitrogens is 1. The lowest BCUT2D eigenvalue weighted by Gasteiger charge is -2.47. The van der Waals surface area contributed by atoms with E-state index in [1.165, 1.54) is 61.6 Å². The Labute approximate surface area is 355 Å². The summed E-state index contributed by atoms with van der Waals surface area (Å²) in [6.45, 7) is 11.1. The van der Waals surface area contributed by atoms with Crippen molar-refractivity contribution < 1.29 is 32.0 Å². The first-order valence-electron chi connectivity index (χ1n) is 21.3. The second-order valence-corrected chi connectivity index (χ2v) is 18.8. The Balaban J connectivity index is 0.996. The minimum atomic E-state index is -4.63. The van der Waals surface area contributed by atoms with Crippen LogP contribution in [-0.4, -0.2) is 92.3 Å². The lowest BCUT2D eigenvalue weighted by atomic mass is 9.59. The number of nitro groups is 1. The van der Waals surface area contributed by atoms with Gasteiger partial charge in [-0.3, -0.25) is 19.8 Å². The number of aromatic nitrogens is 2. The number of carbonyl (C=O) groups is 1. The number of fused-ring (bicyclic) bond motifs is 1. The quantitative estimate of drug-likeness (QED) is 0.0774. The third kappa shape index (κ3) is 9.46. The molecular formula is C45H54FN7O7S. The number of rotatable bonds is 15. The van der Waals surface area contributed by atoms with Gasteiger partial charge in [0.2, 0.25) is 0 Å². The number of halogens is 1. The molecule has 1 amide bonds. The van der Waals surface area contributed by atoms with Crippen molar-refractivity contribution in [1.29, 1.82) is 0 Å². The number of piperazine rings is 1. The summed E-state index contributed by atoms with van der Waals surface area (Å²) >= 11 is 0. The lowest BCUT2D eigenvalue weighted by molar-refractivity contribution is -0.384. The number of pyridine rings is 1. The maximum Gasteiger partial charge on any atom is 0.293 e. The van der Waals surface area contributed by atoms with Gasteiger partial charge in [0.15, 0.2) is 0 Å². The molecule has 0 atom stereocenters. The SMILES string of the molecule is C=C(CCC)C1=C(CN2CCN(c3ccc(C(=O)NS(=O)(=O)c4ccc(NCC5(F)CCOCC5)c([N+](=O)[O-])c4)c(Oc4cnc5[nH]ccc5c4)c3)CC2)CCC2(CCC2)C1. The van der Waals surface area contributed by atoms with E-state index in [-0.39, 0.29) is 49.6 Å². The summed E-state index contributed by atoms with van der Waals surface area (Å²) in [5.74, 6) is -0.541. The molecule has 324 valence electrons. The normalized spacial score (nSPS) is 19.1. The highest BCUT2D eigenvalue weighted by molar-refractivity contribution is 7.90. The van der Waals surface area contributed by atoms with Gasteiger partial charge in [-0.1, -0.05) is 37.5 Å². The molecular weight excluding hydrogens is 802 g/mol. The van der Waals surface area contributed by atoms with E-state index >= 15 is 4.39 Å². The highest BCUT2D eigenvalue weighted by atomic mass is 32.2. The minimum absolute atomic E-state index is 0.0468. The summed E-state index contributed by atoms with van der Waals surface area (Å²) < 4.78 is 56.1. The van der Waals surface area contributed by atoms with Crippen LogP contribution >= 0.6 is 0 Å². The number of hydrogen-bond donors (Lipinski definition) is 3. The number of hydrogen-bond acceptors (Lipinski definition) is 11. The van der Waals surface area contributed by atoms with Gasteiger partial charge < -0.3 is 24.7 Å². The molecule has 1 saturated carbocycles. The van der Waals surface area contributed by atoms with Crippen LogP contribution in [0.4, 0.5) is 21.5 Å². The van der Waals surface area contributed by atoms with Crippen molar-refractivity contribution in [2.24, 2.45) is 5.41 Å². The van der Waals surface area contributed by atoms with Gasteiger partial charge in [0, 0.05) is 94.7 Å². The van der Waals surface area contributed by atoms with Gasteiger partial charge >= 0.3 is 0 Å². The standard InChI is InChI=1S/C45H54FN7O7S/c1-3-5-31(2)38-27-44(12-4-13-44)14-10-33(38)29-51-18-20-52(21-19-51)34-6-8-37(41(25-34)60-35-24-32-11-17-47-42(32)48-28-35)43(54)50-61(57,58)36-7-9-39(40(26-36)53(55)56)49-30-45(46)15-22-59-23-16-45/h6-9,11,17,24-26,28,49H,2-5,10,12-16,18-23,27,29-30H2,1H3,(H,47,48)(H,50,54). The summed E-state index contributed by atoms with van der Waals surface area (Å²) in [5, 5.41) is 15.6. The molecule has 0 radical (unpaired) electrons. The van der Waals surface area contributed by atoms with E-state index in [0.717, 1.165) is 75.2 Å². The number of nitro benzene ring substituents is 1. The first kappa shape index (κ1) is 42.4. The van der Waals surface area contributed by atoms with Crippen LogP contribution in [0.2, 0.25) is 0 Å². The third-order valence-corrected chi connectivity index (χ3v) is 14.3. The Morgan fingerprint density at radius 3 is 2.57 bits per heavy atom. The molecule has 16 heteroatoms. The zero-order valence-corrected chi connectivity index (χ0v) is 35.5. The predicted octanol–water partition coefficient (Wildman–Crippen LogP) is 8.44. The second-order valence-electron chi connectivity index (χ2n) is 17.1. The van der Waals surface area contributed by atoms with Crippen molar-refractivity contribution in [2.45, 2.75) is 81.7 Å². The molecule has 2 aromatic heterocycles. The van der Waals surface area contributed by atoms with Crippen LogP contribution < -0.4 is 19.7 Å². The molecule has 0 bridgehead atoms. The first-order valence-corrected chi connectivity index (χ1v) is 22.8. The Hall–Kier alpha value is -5.32. The van der Waals surface area contributed by atoms with Gasteiger partial charge in [0.05, 0.1) is 21.6 Å². The van der Waals surface area contributed by atoms with E-state index in [2.05, 4.69) is 43.3 Å². The van der Waals surface area contributed by atoms with E-state index < -0.39 is 37.1 Å². The molecule has 0 unspecified atom stereocenters. The van der Waals surface area contributed by atoms with E-state index in [1.54, 1.807) is 30.0 Å². The third-order valence-electron chi connectivity index (χ3n) is 13.0. The number of ether oxygens (including phenoxy) is 2. The Morgan fingerprint density at radius 1 is 1.07 bits per heavy atom. The molecule has 2 aromatic carbocycles. The number of nitrogens with zero attached hydrogens (tertiary/aromatic N) is 4. The van der Waals surface area contributed by atoms with Gasteiger partial charge in [-0.2, -0.15) is 0 Å². The number of benzene rings is 2. The van der Waals surface area contributed by atoms with Gasteiger partial charge in [-0.15, -0.1) is 0 Å². The van der Waals surface area contributed by atoms with Gasteiger partial charge in [0.1, 0.15) is 28.5 Å². The van der Waals surface area contributed by atoms with Gasteiger partial charge in [-0.05, 0) is 85.9 Å². The predicted molar refractivity (Wildman–Crippen MR) is 233 cm³/mol. The molecule has 2 aliphatic carbocycles. The Bertz CT molecular complexity index is 2450. The molecule has 3 fully saturated rings. The van der Waals surface area contributed by atoms with Crippen LogP contribution in [0, 0.1) is 15.5 Å². The van der Waals surface area contributed by atoms with Crippen molar-refractivity contribution in [3.63, 3.8) is 0 Å². The average Bonchev–Trinajstić information content (AvgIpc) is 3.71. The molecule has 4 aliphatic rings. The largest absolute Gasteiger partial charge is 0.455 e. The van der Waals surface area contributed by atoms with Crippen molar-refractivity contribution in [2.75, 3.05) is 62.7 Å². The molecule has 4 aromatic rings. The molecule has 2 aliphatic heterocycles. The summed E-state index contributed by atoms with van der Waals surface area (Å²) in [5.41, 5.74) is 4.00. The maximum absolute atomic E-state index is 15.2. The number of allylic oxidation sites excluding steroid dienone is 2. The molecule has 1 spiro atoms. The molecule has 4 heterocycles. The smallest absolute Gasteiger partial charge is 0.293 e. The van der Waals surface area contributed by atoms with Gasteiger partial charge in [-0.25, -0.2) is 22.5 Å². The molecule has 2 saturated heterocycles. The fraction of sp³-hybridized carbons (Fsp3) is 0.467. The van der Waals surface area contributed by atoms with E-state index in [0.29, 0.717) is 16.8 Å². The number of sulfonamides is 1. The zero-order valence-electron chi connectivity index (χ0n) is 34.6. The Morgan fingerprint density at radius 2 is 1.85 bits per heavy atom. The average molecular weight is 856 g/mol. The second kappa shape index (κ2) is 17.6. The van der Waals surface area contributed by atoms with E-state index in [9.17, 15) is 23.3 Å². The van der Waals surface area contributed by atoms with Crippen molar-refractivity contribution in [1.82, 2.24) is 19.6 Å². The van der Waals surface area contributed by atoms with Crippen LogP contribution in [0.1, 0.15) is 81.5 Å². The van der Waals surface area contributed by atoms with Crippen LogP contribution in [0.5, 0.6) is 11.5 Å². The highest BCUT2D eigenvalue weighted by Crippen LogP contribution is 2.54. The Kier molecular flexibility index (Phi) is 12.2. The maximum atomic E-state index is 15.2. The summed E-state index contributed by atoms with van der Waals surface area (Å²) in [6, 6.07) is 11.8. The van der Waals surface area contributed by atoms with Crippen LogP contribution in [0.3, 0.4) is 0 Å². The molecule has 8 rings (SSSR count).